The summed E-state index contributed by atoms with van der Waals surface area (Å²) >= 11 is 0. The molecule has 3 aromatic carbocycles. The lowest BCUT2D eigenvalue weighted by Gasteiger charge is -2.33. The normalized spacial score (nSPS) is 16.0. The second-order valence-electron chi connectivity index (χ2n) is 11.8. The number of carbonyl (C=O) groups is 1. The topological polar surface area (TPSA) is 108 Å². The molecule has 9 nitrogen and oxygen atoms in total. The fourth-order valence-electron chi connectivity index (χ4n) is 6.71. The number of aromatic nitrogens is 6. The maximum absolute atomic E-state index is 14.5. The molecule has 1 N–H and O–H groups in total. The summed E-state index contributed by atoms with van der Waals surface area (Å²) in [5.41, 5.74) is 7.40. The van der Waals surface area contributed by atoms with Crippen LogP contribution in [0.5, 0.6) is 0 Å². The molecule has 6 rings (SSSR count). The molecule has 2 aromatic heterocycles. The van der Waals surface area contributed by atoms with Gasteiger partial charge in [0.25, 0.3) is 5.56 Å². The molecule has 0 saturated carbocycles. The largest absolute Gasteiger partial charge is 0.462 e. The Kier molecular flexibility index (Phi) is 9.05. The molecule has 2 unspecified atom stereocenters. The summed E-state index contributed by atoms with van der Waals surface area (Å²) in [5, 5.41) is 14.6. The van der Waals surface area contributed by atoms with E-state index >= 15 is 0 Å². The van der Waals surface area contributed by atoms with E-state index in [-0.39, 0.29) is 23.6 Å². The number of nitrogens with one attached hydrogen (secondary N) is 1. The van der Waals surface area contributed by atoms with E-state index in [0.717, 1.165) is 77.6 Å². The van der Waals surface area contributed by atoms with Crippen molar-refractivity contribution in [2.24, 2.45) is 0 Å². The van der Waals surface area contributed by atoms with Crippen LogP contribution in [0.2, 0.25) is 0 Å². The van der Waals surface area contributed by atoms with Crippen molar-refractivity contribution >= 4 is 5.97 Å². The van der Waals surface area contributed by atoms with Gasteiger partial charge in [-0.2, -0.15) is 5.21 Å². The number of unbranched alkanes of at least 4 members (excludes halogenated alkanes) is 2. The van der Waals surface area contributed by atoms with Gasteiger partial charge in [0, 0.05) is 29.3 Å². The molecule has 0 fully saturated rings. The number of benzene rings is 3. The minimum Gasteiger partial charge on any atom is -0.462 e. The third-order valence-electron chi connectivity index (χ3n) is 8.89. The maximum atomic E-state index is 14.5. The van der Waals surface area contributed by atoms with Crippen LogP contribution in [0.15, 0.2) is 77.6 Å². The minimum absolute atomic E-state index is 0.0308. The Morgan fingerprint density at radius 2 is 1.69 bits per heavy atom. The zero-order valence-corrected chi connectivity index (χ0v) is 26.2. The van der Waals surface area contributed by atoms with Crippen LogP contribution in [0, 0.1) is 0 Å². The molecule has 3 heterocycles. The van der Waals surface area contributed by atoms with Gasteiger partial charge < -0.3 is 4.74 Å². The Morgan fingerprint density at radius 1 is 0.933 bits per heavy atom. The van der Waals surface area contributed by atoms with E-state index < -0.39 is 0 Å². The van der Waals surface area contributed by atoms with Crippen molar-refractivity contribution in [2.45, 2.75) is 77.8 Å². The number of H-pyrrole nitrogens is 1. The second kappa shape index (κ2) is 13.5. The van der Waals surface area contributed by atoms with Crippen molar-refractivity contribution in [3.05, 3.63) is 111 Å². The number of nitrogens with zero attached hydrogens (tertiary/aromatic N) is 5. The number of esters is 1. The maximum Gasteiger partial charge on any atom is 0.338 e. The number of fused-ring (bicyclic) bond motifs is 1. The van der Waals surface area contributed by atoms with Gasteiger partial charge in [-0.1, -0.05) is 86.5 Å². The molecule has 0 radical (unpaired) electrons. The van der Waals surface area contributed by atoms with E-state index in [1.807, 2.05) is 54.1 Å². The van der Waals surface area contributed by atoms with Crippen molar-refractivity contribution in [1.82, 2.24) is 30.0 Å². The molecule has 1 aliphatic heterocycles. The molecule has 0 amide bonds. The van der Waals surface area contributed by atoms with Crippen LogP contribution in [0.1, 0.15) is 97.7 Å². The average Bonchev–Trinajstić information content (AvgIpc) is 3.70. The number of aromatic amines is 1. The molecule has 0 aliphatic carbocycles. The summed E-state index contributed by atoms with van der Waals surface area (Å²) < 4.78 is 9.59. The zero-order chi connectivity index (χ0) is 31.3. The molecule has 1 aliphatic rings. The highest BCUT2D eigenvalue weighted by Crippen LogP contribution is 2.36. The molecule has 0 spiro atoms. The Morgan fingerprint density at radius 3 is 2.42 bits per heavy atom. The van der Waals surface area contributed by atoms with Crippen molar-refractivity contribution in [1.29, 1.82) is 0 Å². The van der Waals surface area contributed by atoms with Gasteiger partial charge >= 0.3 is 5.97 Å². The first-order chi connectivity index (χ1) is 22.0. The minimum atomic E-state index is -0.345. The molecular formula is C36H40N6O3. The predicted octanol–water partition coefficient (Wildman–Crippen LogP) is 6.94. The van der Waals surface area contributed by atoms with E-state index in [1.54, 1.807) is 0 Å². The summed E-state index contributed by atoms with van der Waals surface area (Å²) in [5.74, 6) is 0.203. The van der Waals surface area contributed by atoms with Crippen LogP contribution < -0.4 is 5.56 Å². The SMILES string of the molecule is CCCCCc1c(Cc2ccc(-c3ccccc3-c3nn[nH]n3)cc2)c(=O)n2n1C(C)CCC2c1ccccc1C(=O)OCC. The summed E-state index contributed by atoms with van der Waals surface area (Å²) in [7, 11) is 0. The van der Waals surface area contributed by atoms with Gasteiger partial charge in [0.15, 0.2) is 0 Å². The molecule has 45 heavy (non-hydrogen) atoms. The van der Waals surface area contributed by atoms with Gasteiger partial charge in [-0.3, -0.25) is 9.48 Å². The highest BCUT2D eigenvalue weighted by Gasteiger charge is 2.34. The van der Waals surface area contributed by atoms with E-state index in [2.05, 4.69) is 69.5 Å². The second-order valence-corrected chi connectivity index (χ2v) is 11.8. The molecule has 0 bridgehead atoms. The monoisotopic (exact) mass is 604 g/mol. The average molecular weight is 605 g/mol. The van der Waals surface area contributed by atoms with E-state index in [4.69, 9.17) is 4.74 Å². The molecular weight excluding hydrogens is 564 g/mol. The third kappa shape index (κ3) is 5.99. The number of ether oxygens (including phenoxy) is 1. The van der Waals surface area contributed by atoms with Crippen LogP contribution in [-0.2, 0) is 17.6 Å². The zero-order valence-electron chi connectivity index (χ0n) is 26.2. The molecule has 232 valence electrons. The number of rotatable bonds is 11. The Bertz CT molecular complexity index is 1820. The summed E-state index contributed by atoms with van der Waals surface area (Å²) in [6, 6.07) is 23.9. The first-order valence-electron chi connectivity index (χ1n) is 16.0. The highest BCUT2D eigenvalue weighted by atomic mass is 16.5. The smallest absolute Gasteiger partial charge is 0.338 e. The molecule has 2 atom stereocenters. The number of tetrazole rings is 1. The quantitative estimate of drug-likeness (QED) is 0.129. The van der Waals surface area contributed by atoms with E-state index in [1.165, 1.54) is 0 Å². The molecule has 5 aromatic rings. The molecule has 0 saturated heterocycles. The van der Waals surface area contributed by atoms with Crippen molar-refractivity contribution < 1.29 is 9.53 Å². The van der Waals surface area contributed by atoms with Gasteiger partial charge in [0.1, 0.15) is 0 Å². The van der Waals surface area contributed by atoms with Gasteiger partial charge in [-0.25, -0.2) is 9.48 Å². The Hall–Kier alpha value is -4.79. The Labute approximate surface area is 263 Å². The first-order valence-corrected chi connectivity index (χ1v) is 16.0. The lowest BCUT2D eigenvalue weighted by molar-refractivity contribution is 0.0523. The lowest BCUT2D eigenvalue weighted by Crippen LogP contribution is -2.35. The van der Waals surface area contributed by atoms with Crippen molar-refractivity contribution in [3.63, 3.8) is 0 Å². The van der Waals surface area contributed by atoms with Crippen LogP contribution in [0.25, 0.3) is 22.5 Å². The number of carbonyl (C=O) groups excluding carboxylic acids is 1. The van der Waals surface area contributed by atoms with Crippen molar-refractivity contribution in [3.8, 4) is 22.5 Å². The van der Waals surface area contributed by atoms with E-state index in [0.29, 0.717) is 24.4 Å². The number of hydrogen-bond donors (Lipinski definition) is 1. The summed E-state index contributed by atoms with van der Waals surface area (Å²) in [6.07, 6.45) is 6.33. The van der Waals surface area contributed by atoms with Gasteiger partial charge in [-0.05, 0) is 73.1 Å². The van der Waals surface area contributed by atoms with Crippen LogP contribution in [0.3, 0.4) is 0 Å². The van der Waals surface area contributed by atoms with Crippen LogP contribution in [-0.4, -0.2) is 42.6 Å². The van der Waals surface area contributed by atoms with Crippen molar-refractivity contribution in [2.75, 3.05) is 6.61 Å². The number of hydrogen-bond acceptors (Lipinski definition) is 6. The van der Waals surface area contributed by atoms with Gasteiger partial charge in [0.2, 0.25) is 5.82 Å². The van der Waals surface area contributed by atoms with Crippen LogP contribution >= 0.6 is 0 Å². The lowest BCUT2D eigenvalue weighted by atomic mass is 9.94. The van der Waals surface area contributed by atoms with E-state index in [9.17, 15) is 9.59 Å². The first kappa shape index (κ1) is 30.2. The molecule has 9 heteroatoms. The fourth-order valence-corrected chi connectivity index (χ4v) is 6.71. The van der Waals surface area contributed by atoms with Gasteiger partial charge in [0.05, 0.1) is 18.2 Å². The predicted molar refractivity (Wildman–Crippen MR) is 174 cm³/mol. The summed E-state index contributed by atoms with van der Waals surface area (Å²) in [6.45, 7) is 6.52. The van der Waals surface area contributed by atoms with Gasteiger partial charge in [-0.15, -0.1) is 10.2 Å². The summed E-state index contributed by atoms with van der Waals surface area (Å²) in [4.78, 5) is 27.4. The highest BCUT2D eigenvalue weighted by molar-refractivity contribution is 5.91. The Balaban J connectivity index is 1.39. The fraction of sp³-hybridized carbons (Fsp3) is 0.361. The third-order valence-corrected chi connectivity index (χ3v) is 8.89. The standard InChI is InChI=1S/C36H40N6O3/c1-4-6-7-16-32-31(23-25-18-20-26(21-19-25)27-12-8-10-14-29(27)34-37-39-40-38-34)35(43)42-33(22-17-24(3)41(32)42)28-13-9-11-15-30(28)36(44)45-5-2/h8-15,18-21,24,33H,4-7,16-17,22-23H2,1-3H3,(H,37,38,39,40). The van der Waals surface area contributed by atoms with Crippen LogP contribution in [0.4, 0.5) is 0 Å².